The topological polar surface area (TPSA) is 88.4 Å². The lowest BCUT2D eigenvalue weighted by Gasteiger charge is -2.27. The smallest absolute Gasteiger partial charge is 0.338 e. The van der Waals surface area contributed by atoms with Gasteiger partial charge in [-0.3, -0.25) is 9.36 Å². The molecular formula is C30H30Br2N2O6S. The molecule has 1 atom stereocenters. The summed E-state index contributed by atoms with van der Waals surface area (Å²) >= 11 is 8.36. The van der Waals surface area contributed by atoms with Gasteiger partial charge in [0.05, 0.1) is 37.5 Å². The molecule has 0 radical (unpaired) electrons. The maximum Gasteiger partial charge on any atom is 0.338 e. The van der Waals surface area contributed by atoms with E-state index in [-0.39, 0.29) is 30.5 Å². The molecule has 8 nitrogen and oxygen atoms in total. The van der Waals surface area contributed by atoms with Crippen LogP contribution in [0.5, 0.6) is 11.5 Å². The Morgan fingerprint density at radius 2 is 1.90 bits per heavy atom. The first-order valence-electron chi connectivity index (χ1n) is 12.8. The van der Waals surface area contributed by atoms with E-state index in [1.807, 2.05) is 50.2 Å². The number of nitrogens with zero attached hydrogens (tertiary/aromatic N) is 2. The van der Waals surface area contributed by atoms with Gasteiger partial charge in [0.15, 0.2) is 4.80 Å². The van der Waals surface area contributed by atoms with E-state index in [0.717, 1.165) is 14.5 Å². The van der Waals surface area contributed by atoms with E-state index in [1.54, 1.807) is 23.6 Å². The first-order chi connectivity index (χ1) is 19.7. The van der Waals surface area contributed by atoms with E-state index in [2.05, 4.69) is 43.4 Å². The van der Waals surface area contributed by atoms with E-state index < -0.39 is 12.0 Å². The van der Waals surface area contributed by atoms with Gasteiger partial charge in [-0.25, -0.2) is 9.79 Å². The van der Waals surface area contributed by atoms with Gasteiger partial charge in [-0.15, -0.1) is 0 Å². The van der Waals surface area contributed by atoms with Crippen molar-refractivity contribution in [3.63, 3.8) is 0 Å². The van der Waals surface area contributed by atoms with E-state index in [4.69, 9.17) is 18.9 Å². The van der Waals surface area contributed by atoms with Crippen LogP contribution in [0.3, 0.4) is 0 Å². The van der Waals surface area contributed by atoms with Crippen LogP contribution in [0, 0.1) is 0 Å². The average molecular weight is 706 g/mol. The van der Waals surface area contributed by atoms with Crippen LogP contribution in [0.15, 0.2) is 79.1 Å². The number of carbonyl (C=O) groups excluding carboxylic acids is 1. The van der Waals surface area contributed by atoms with Crippen molar-refractivity contribution in [2.45, 2.75) is 32.9 Å². The van der Waals surface area contributed by atoms with Gasteiger partial charge in [-0.2, -0.15) is 0 Å². The number of benzene rings is 2. The number of esters is 1. The lowest BCUT2D eigenvalue weighted by molar-refractivity contribution is -0.140. The number of allylic oxidation sites excluding steroid dienone is 1. The fourth-order valence-electron chi connectivity index (χ4n) is 4.33. The van der Waals surface area contributed by atoms with Gasteiger partial charge < -0.3 is 18.9 Å². The minimum absolute atomic E-state index is 0.0731. The van der Waals surface area contributed by atoms with Gasteiger partial charge in [0, 0.05) is 12.7 Å². The zero-order valence-corrected chi connectivity index (χ0v) is 27.1. The molecule has 1 aliphatic heterocycles. The molecule has 0 bridgehead atoms. The molecule has 0 saturated carbocycles. The molecule has 1 aromatic heterocycles. The van der Waals surface area contributed by atoms with Crippen LogP contribution >= 0.6 is 43.2 Å². The van der Waals surface area contributed by atoms with Gasteiger partial charge >= 0.3 is 5.97 Å². The van der Waals surface area contributed by atoms with Crippen molar-refractivity contribution in [1.82, 2.24) is 4.57 Å². The zero-order chi connectivity index (χ0) is 29.7. The summed E-state index contributed by atoms with van der Waals surface area (Å²) < 4.78 is 25.8. The summed E-state index contributed by atoms with van der Waals surface area (Å²) in [4.78, 5) is 32.6. The summed E-state index contributed by atoms with van der Waals surface area (Å²) in [6, 6.07) is 10.3. The third kappa shape index (κ3) is 6.91. The van der Waals surface area contributed by atoms with Crippen molar-refractivity contribution < 1.29 is 23.7 Å². The number of halogens is 2. The van der Waals surface area contributed by atoms with Gasteiger partial charge in [0.2, 0.25) is 0 Å². The van der Waals surface area contributed by atoms with Crippen LogP contribution < -0.4 is 24.4 Å². The molecule has 0 aliphatic carbocycles. The number of thiazole rings is 1. The summed E-state index contributed by atoms with van der Waals surface area (Å²) in [7, 11) is 1.53. The molecule has 0 N–H and O–H groups in total. The van der Waals surface area contributed by atoms with Crippen LogP contribution in [0.4, 0.5) is 0 Å². The number of methoxy groups -OCH3 is 1. The Labute approximate surface area is 258 Å². The molecule has 0 saturated heterocycles. The fraction of sp³-hybridized carbons (Fsp3) is 0.300. The normalized spacial score (nSPS) is 15.0. The number of hydrogen-bond acceptors (Lipinski definition) is 8. The predicted octanol–water partition coefficient (Wildman–Crippen LogP) is 5.30. The molecular weight excluding hydrogens is 676 g/mol. The maximum absolute atomic E-state index is 14.0. The van der Waals surface area contributed by atoms with Crippen molar-refractivity contribution in [2.75, 3.05) is 26.9 Å². The Kier molecular flexibility index (Phi) is 10.4. The second kappa shape index (κ2) is 13.8. The molecule has 41 heavy (non-hydrogen) atoms. The molecule has 4 rings (SSSR count). The number of ether oxygens (including phenoxy) is 4. The van der Waals surface area contributed by atoms with Crippen LogP contribution in [0.2, 0.25) is 0 Å². The van der Waals surface area contributed by atoms with E-state index in [0.29, 0.717) is 38.7 Å². The standard InChI is InChI=1S/C30H30Br2N2O6S/c1-6-11-38-27-21(31)14-19(15-22(27)32)16-24-28(35)34-26(20-9-7-8-10-23(20)40-17(2)3)25(18(4)33-30(34)41-24)29(36)39-13-12-37-5/h6-10,14-17,26H,1,11-13H2,2-5H3/b24-16+/t26-/m0/s1. The largest absolute Gasteiger partial charge is 0.491 e. The number of carbonyl (C=O) groups is 1. The molecule has 11 heteroatoms. The van der Waals surface area contributed by atoms with Crippen molar-refractivity contribution in [3.05, 3.63) is 100 Å². The molecule has 0 spiro atoms. The highest BCUT2D eigenvalue weighted by Gasteiger charge is 2.35. The maximum atomic E-state index is 14.0. The average Bonchev–Trinajstić information content (AvgIpc) is 3.21. The fourth-order valence-corrected chi connectivity index (χ4v) is 6.83. The third-order valence-corrected chi connectivity index (χ3v) is 8.16. The number of fused-ring (bicyclic) bond motifs is 1. The summed E-state index contributed by atoms with van der Waals surface area (Å²) in [6.45, 7) is 9.96. The monoisotopic (exact) mass is 704 g/mol. The van der Waals surface area contributed by atoms with Gasteiger partial charge in [-0.05, 0) is 82.5 Å². The highest BCUT2D eigenvalue weighted by atomic mass is 79.9. The molecule has 3 aromatic rings. The number of hydrogen-bond donors (Lipinski definition) is 0. The van der Waals surface area contributed by atoms with E-state index in [1.165, 1.54) is 18.4 Å². The molecule has 2 heterocycles. The summed E-state index contributed by atoms with van der Waals surface area (Å²) in [5.74, 6) is 0.643. The lowest BCUT2D eigenvalue weighted by Crippen LogP contribution is -2.40. The van der Waals surface area contributed by atoms with Crippen LogP contribution in [0.25, 0.3) is 6.08 Å². The minimum atomic E-state index is -0.799. The van der Waals surface area contributed by atoms with Crippen molar-refractivity contribution in [3.8, 4) is 11.5 Å². The van der Waals surface area contributed by atoms with Crippen molar-refractivity contribution >= 4 is 55.2 Å². The second-order valence-corrected chi connectivity index (χ2v) is 12.0. The van der Waals surface area contributed by atoms with Crippen LogP contribution in [-0.2, 0) is 14.3 Å². The summed E-state index contributed by atoms with van der Waals surface area (Å²) in [6.07, 6.45) is 3.34. The van der Waals surface area contributed by atoms with Gasteiger partial charge in [0.25, 0.3) is 5.56 Å². The Bertz CT molecular complexity index is 1650. The molecule has 2 aromatic carbocycles. The molecule has 1 aliphatic rings. The van der Waals surface area contributed by atoms with E-state index >= 15 is 0 Å². The second-order valence-electron chi connectivity index (χ2n) is 9.33. The molecule has 216 valence electrons. The van der Waals surface area contributed by atoms with E-state index in [9.17, 15) is 9.59 Å². The first-order valence-corrected chi connectivity index (χ1v) is 15.2. The molecule has 0 amide bonds. The summed E-state index contributed by atoms with van der Waals surface area (Å²) in [5.41, 5.74) is 1.89. The Hall–Kier alpha value is -2.99. The Morgan fingerprint density at radius 3 is 2.56 bits per heavy atom. The molecule has 0 unspecified atom stereocenters. The van der Waals surface area contributed by atoms with Crippen LogP contribution in [-0.4, -0.2) is 43.6 Å². The van der Waals surface area contributed by atoms with Crippen molar-refractivity contribution in [1.29, 1.82) is 0 Å². The number of rotatable bonds is 11. The van der Waals surface area contributed by atoms with Gasteiger partial charge in [-0.1, -0.05) is 42.2 Å². The SMILES string of the molecule is C=CCOc1c(Br)cc(/C=c2/sc3n(c2=O)[C@@H](c2ccccc2OC(C)C)C(C(=O)OCCOC)=C(C)N=3)cc1Br. The quantitative estimate of drug-likeness (QED) is 0.153. The molecule has 0 fully saturated rings. The highest BCUT2D eigenvalue weighted by molar-refractivity contribution is 9.11. The first kappa shape index (κ1) is 31.0. The minimum Gasteiger partial charge on any atom is -0.491 e. The lowest BCUT2D eigenvalue weighted by atomic mass is 9.95. The Balaban J connectivity index is 1.90. The van der Waals surface area contributed by atoms with Gasteiger partial charge in [0.1, 0.15) is 30.8 Å². The van der Waals surface area contributed by atoms with Crippen molar-refractivity contribution in [2.24, 2.45) is 4.99 Å². The highest BCUT2D eigenvalue weighted by Crippen LogP contribution is 2.37. The summed E-state index contributed by atoms with van der Waals surface area (Å²) in [5, 5.41) is 0. The predicted molar refractivity (Wildman–Crippen MR) is 166 cm³/mol. The number of para-hydroxylation sites is 1. The van der Waals surface area contributed by atoms with Crippen LogP contribution in [0.1, 0.15) is 37.9 Å². The number of aromatic nitrogens is 1. The Morgan fingerprint density at radius 1 is 1.20 bits per heavy atom. The zero-order valence-electron chi connectivity index (χ0n) is 23.1. The third-order valence-electron chi connectivity index (χ3n) is 6.00.